The minimum Gasteiger partial charge on any atom is -0.382 e. The summed E-state index contributed by atoms with van der Waals surface area (Å²) < 4.78 is 0. The Balaban J connectivity index is 0.000000320. The quantitative estimate of drug-likeness (QED) is 0.636. The van der Waals surface area contributed by atoms with Gasteiger partial charge in [-0.1, -0.05) is 60.3 Å². The lowest BCUT2D eigenvalue weighted by Crippen LogP contribution is -2.33. The number of nitrogens with one attached hydrogen (secondary N) is 2. The van der Waals surface area contributed by atoms with E-state index in [9.17, 15) is 0 Å². The number of rotatable bonds is 5. The molecule has 1 aliphatic rings. The van der Waals surface area contributed by atoms with E-state index >= 15 is 0 Å². The van der Waals surface area contributed by atoms with Crippen LogP contribution in [0, 0.1) is 11.3 Å². The van der Waals surface area contributed by atoms with Gasteiger partial charge in [-0.3, -0.25) is 0 Å². The average molecular weight is 389 g/mol. The van der Waals surface area contributed by atoms with Crippen LogP contribution in [0.25, 0.3) is 0 Å². The van der Waals surface area contributed by atoms with Crippen LogP contribution in [0.15, 0.2) is 84.0 Å². The summed E-state index contributed by atoms with van der Waals surface area (Å²) in [5, 5.41) is 17.3. The number of hydrogen-bond donors (Lipinski definition) is 2. The second kappa shape index (κ2) is 11.1. The van der Waals surface area contributed by atoms with Crippen LogP contribution in [0.2, 0.25) is 0 Å². The molecule has 0 spiro atoms. The second-order valence-corrected chi connectivity index (χ2v) is 7.68. The van der Waals surface area contributed by atoms with E-state index in [1.807, 2.05) is 84.7 Å². The van der Waals surface area contributed by atoms with Gasteiger partial charge in [-0.25, -0.2) is 4.98 Å². The molecule has 0 amide bonds. The highest BCUT2D eigenvalue weighted by atomic mass is 32.2. The van der Waals surface area contributed by atoms with Crippen molar-refractivity contribution in [3.05, 3.63) is 90.1 Å². The van der Waals surface area contributed by atoms with Crippen molar-refractivity contribution in [2.24, 2.45) is 0 Å². The number of aromatic nitrogens is 1. The van der Waals surface area contributed by atoms with Crippen molar-refractivity contribution in [3.63, 3.8) is 0 Å². The lowest BCUT2D eigenvalue weighted by molar-refractivity contribution is 0.665. The number of nitrogens with zero attached hydrogens (tertiary/aromatic N) is 2. The van der Waals surface area contributed by atoms with Gasteiger partial charge in [0, 0.05) is 24.5 Å². The Morgan fingerprint density at radius 1 is 1.04 bits per heavy atom. The molecular formula is C23H24N4S. The number of pyridine rings is 1. The van der Waals surface area contributed by atoms with Crippen LogP contribution in [0.5, 0.6) is 0 Å². The van der Waals surface area contributed by atoms with Gasteiger partial charge >= 0.3 is 0 Å². The van der Waals surface area contributed by atoms with Crippen molar-refractivity contribution in [1.82, 2.24) is 10.3 Å². The Hall–Kier alpha value is -2.81. The molecule has 0 bridgehead atoms. The topological polar surface area (TPSA) is 60.7 Å². The molecule has 1 aliphatic heterocycles. The molecule has 1 atom stereocenters. The molecule has 4 rings (SSSR count). The Morgan fingerprint density at radius 2 is 1.75 bits per heavy atom. The van der Waals surface area contributed by atoms with Gasteiger partial charge < -0.3 is 10.6 Å². The van der Waals surface area contributed by atoms with Gasteiger partial charge in [0.25, 0.3) is 0 Å². The lowest BCUT2D eigenvalue weighted by Gasteiger charge is -2.24. The maximum Gasteiger partial charge on any atom is 0.119 e. The third kappa shape index (κ3) is 6.41. The molecule has 2 heterocycles. The Morgan fingerprint density at radius 3 is 2.43 bits per heavy atom. The van der Waals surface area contributed by atoms with Gasteiger partial charge in [-0.15, -0.1) is 0 Å². The van der Waals surface area contributed by atoms with E-state index in [2.05, 4.69) is 27.8 Å². The van der Waals surface area contributed by atoms with Gasteiger partial charge in [0.05, 0.1) is 17.3 Å². The number of thioether (sulfide) groups is 1. The summed E-state index contributed by atoms with van der Waals surface area (Å²) in [4.78, 5) is 4.41. The zero-order valence-electron chi connectivity index (χ0n) is 15.7. The van der Waals surface area contributed by atoms with Crippen LogP contribution < -0.4 is 10.6 Å². The predicted molar refractivity (Wildman–Crippen MR) is 117 cm³/mol. The largest absolute Gasteiger partial charge is 0.382 e. The van der Waals surface area contributed by atoms with E-state index in [-0.39, 0.29) is 0 Å². The molecule has 5 heteroatoms. The van der Waals surface area contributed by atoms with Crippen LogP contribution in [-0.2, 0) is 6.42 Å². The van der Waals surface area contributed by atoms with E-state index in [1.54, 1.807) is 0 Å². The summed E-state index contributed by atoms with van der Waals surface area (Å²) in [5.41, 5.74) is 3.11. The molecule has 2 aromatic carbocycles. The SMILES string of the molecule is N#Cc1ccc(CCNC[C@@H]2CNc3cccnc3S2)cc1.c1ccccc1. The van der Waals surface area contributed by atoms with Crippen molar-refractivity contribution in [2.75, 3.05) is 25.0 Å². The summed E-state index contributed by atoms with van der Waals surface area (Å²) in [6.07, 6.45) is 2.82. The molecule has 0 radical (unpaired) electrons. The summed E-state index contributed by atoms with van der Waals surface area (Å²) in [6.45, 7) is 2.87. The van der Waals surface area contributed by atoms with E-state index in [0.29, 0.717) is 10.8 Å². The van der Waals surface area contributed by atoms with Crippen LogP contribution in [-0.4, -0.2) is 29.9 Å². The predicted octanol–water partition coefficient (Wildman–Crippen LogP) is 4.36. The third-order valence-electron chi connectivity index (χ3n) is 4.28. The first kappa shape index (κ1) is 19.9. The molecule has 0 aliphatic carbocycles. The molecule has 1 aromatic heterocycles. The van der Waals surface area contributed by atoms with E-state index < -0.39 is 0 Å². The number of benzene rings is 2. The smallest absolute Gasteiger partial charge is 0.119 e. The molecule has 4 nitrogen and oxygen atoms in total. The first-order chi connectivity index (χ1) is 13.8. The number of fused-ring (bicyclic) bond motifs is 1. The molecule has 0 saturated heterocycles. The normalized spacial score (nSPS) is 14.6. The van der Waals surface area contributed by atoms with Crippen molar-refractivity contribution in [2.45, 2.75) is 16.7 Å². The summed E-state index contributed by atoms with van der Waals surface area (Å²) >= 11 is 1.84. The van der Waals surface area contributed by atoms with E-state index in [1.165, 1.54) is 5.56 Å². The maximum atomic E-state index is 8.78. The zero-order valence-corrected chi connectivity index (χ0v) is 16.5. The average Bonchev–Trinajstić information content (AvgIpc) is 2.78. The monoisotopic (exact) mass is 388 g/mol. The van der Waals surface area contributed by atoms with Crippen molar-refractivity contribution < 1.29 is 0 Å². The standard InChI is InChI=1S/C17H18N4S.C6H6/c18-10-14-5-3-13(4-6-14)7-9-19-11-15-12-21-16-2-1-8-20-17(16)22-15;1-2-4-6-5-3-1/h1-6,8,15,19,21H,7,9,11-12H2;1-6H/t15-;/m1./s1. The molecule has 3 aromatic rings. The van der Waals surface area contributed by atoms with Crippen LogP contribution in [0.3, 0.4) is 0 Å². The fourth-order valence-electron chi connectivity index (χ4n) is 2.78. The second-order valence-electron chi connectivity index (χ2n) is 6.39. The first-order valence-corrected chi connectivity index (χ1v) is 10.3. The van der Waals surface area contributed by atoms with Gasteiger partial charge in [0.15, 0.2) is 0 Å². The molecule has 28 heavy (non-hydrogen) atoms. The zero-order chi connectivity index (χ0) is 19.4. The minimum absolute atomic E-state index is 0.503. The lowest BCUT2D eigenvalue weighted by atomic mass is 10.1. The van der Waals surface area contributed by atoms with Gasteiger partial charge in [0.1, 0.15) is 5.03 Å². The summed E-state index contributed by atoms with van der Waals surface area (Å²) in [6, 6.07) is 26.0. The van der Waals surface area contributed by atoms with Crippen molar-refractivity contribution in [3.8, 4) is 6.07 Å². The highest BCUT2D eigenvalue weighted by Gasteiger charge is 2.18. The fourth-order valence-corrected chi connectivity index (χ4v) is 3.86. The minimum atomic E-state index is 0.503. The number of nitriles is 1. The Bertz CT molecular complexity index is 848. The fraction of sp³-hybridized carbons (Fsp3) is 0.217. The molecule has 0 unspecified atom stereocenters. The molecule has 2 N–H and O–H groups in total. The Labute approximate surface area is 171 Å². The third-order valence-corrected chi connectivity index (χ3v) is 5.50. The van der Waals surface area contributed by atoms with E-state index in [4.69, 9.17) is 5.26 Å². The highest BCUT2D eigenvalue weighted by molar-refractivity contribution is 8.00. The molecule has 142 valence electrons. The molecular weight excluding hydrogens is 364 g/mol. The highest BCUT2D eigenvalue weighted by Crippen LogP contribution is 2.32. The maximum absolute atomic E-state index is 8.78. The summed E-state index contributed by atoms with van der Waals surface area (Å²) in [5.74, 6) is 0. The van der Waals surface area contributed by atoms with Gasteiger partial charge in [0.2, 0.25) is 0 Å². The molecule has 0 fully saturated rings. The summed E-state index contributed by atoms with van der Waals surface area (Å²) in [7, 11) is 0. The van der Waals surface area contributed by atoms with Crippen LogP contribution in [0.1, 0.15) is 11.1 Å². The number of anilines is 1. The van der Waals surface area contributed by atoms with E-state index in [0.717, 1.165) is 36.8 Å². The number of hydrogen-bond acceptors (Lipinski definition) is 5. The first-order valence-electron chi connectivity index (χ1n) is 9.40. The van der Waals surface area contributed by atoms with Gasteiger partial charge in [-0.05, 0) is 42.8 Å². The van der Waals surface area contributed by atoms with Crippen LogP contribution >= 0.6 is 11.8 Å². The Kier molecular flexibility index (Phi) is 7.92. The van der Waals surface area contributed by atoms with Gasteiger partial charge in [-0.2, -0.15) is 5.26 Å². The molecule has 0 saturated carbocycles. The van der Waals surface area contributed by atoms with Crippen molar-refractivity contribution in [1.29, 1.82) is 5.26 Å². The van der Waals surface area contributed by atoms with Crippen molar-refractivity contribution >= 4 is 17.4 Å². The van der Waals surface area contributed by atoms with Crippen LogP contribution in [0.4, 0.5) is 5.69 Å².